The number of amides is 1. The summed E-state index contributed by atoms with van der Waals surface area (Å²) in [7, 11) is 6.27. The van der Waals surface area contributed by atoms with Gasteiger partial charge < -0.3 is 20.5 Å². The molecule has 1 amide bonds. The van der Waals surface area contributed by atoms with Crippen molar-refractivity contribution < 1.29 is 4.79 Å². The van der Waals surface area contributed by atoms with Crippen molar-refractivity contribution in [3.63, 3.8) is 0 Å². The highest BCUT2D eigenvalue weighted by molar-refractivity contribution is 5.82. The summed E-state index contributed by atoms with van der Waals surface area (Å²) >= 11 is 0. The zero-order chi connectivity index (χ0) is 20.5. The number of aromatic nitrogens is 4. The third-order valence-electron chi connectivity index (χ3n) is 4.41. The number of aryl methyl sites for hydroxylation is 1. The normalized spacial score (nSPS) is 12.1. The second-order valence-electron chi connectivity index (χ2n) is 6.78. The van der Waals surface area contributed by atoms with Crippen LogP contribution in [0.4, 0.5) is 5.95 Å². The number of nitrogens with zero attached hydrogens (tertiary/aromatic N) is 5. The fourth-order valence-electron chi connectivity index (χ4n) is 2.82. The molecule has 27 heavy (non-hydrogen) atoms. The van der Waals surface area contributed by atoms with E-state index < -0.39 is 17.3 Å². The van der Waals surface area contributed by atoms with E-state index >= 15 is 0 Å². The quantitative estimate of drug-likeness (QED) is 0.617. The predicted octanol–water partition coefficient (Wildman–Crippen LogP) is -1.09. The van der Waals surface area contributed by atoms with Crippen molar-refractivity contribution >= 4 is 23.0 Å². The lowest BCUT2D eigenvalue weighted by Crippen LogP contribution is -2.46. The van der Waals surface area contributed by atoms with Crippen molar-refractivity contribution in [1.82, 2.24) is 24.0 Å². The molecule has 10 nitrogen and oxygen atoms in total. The highest BCUT2D eigenvalue weighted by Gasteiger charge is 2.23. The van der Waals surface area contributed by atoms with E-state index in [0.717, 1.165) is 10.1 Å². The number of imidazole rings is 1. The van der Waals surface area contributed by atoms with Gasteiger partial charge in [0.15, 0.2) is 11.2 Å². The van der Waals surface area contributed by atoms with E-state index in [1.807, 2.05) is 19.9 Å². The maximum absolute atomic E-state index is 12.7. The van der Waals surface area contributed by atoms with E-state index in [9.17, 15) is 14.4 Å². The Labute approximate surface area is 156 Å². The van der Waals surface area contributed by atoms with E-state index in [2.05, 4.69) is 10.3 Å². The average molecular weight is 377 g/mol. The first kappa shape index (κ1) is 20.4. The van der Waals surface area contributed by atoms with Gasteiger partial charge in [-0.1, -0.05) is 11.6 Å². The molecule has 0 aliphatic carbocycles. The molecule has 2 aromatic rings. The number of allylic oxidation sites excluding steroid dienone is 2. The van der Waals surface area contributed by atoms with Gasteiger partial charge in [-0.3, -0.25) is 18.7 Å². The number of carbonyl (C=O) groups is 1. The highest BCUT2D eigenvalue weighted by Crippen LogP contribution is 2.19. The second kappa shape index (κ2) is 7.78. The minimum Gasteiger partial charge on any atom is -0.358 e. The SMILES string of the molecule is CNC(=O)C(N)CN(C)c1nc2c(c(=O)n(C)c(=O)n2C)n1CC=C(C)C. The smallest absolute Gasteiger partial charge is 0.332 e. The van der Waals surface area contributed by atoms with Crippen LogP contribution >= 0.6 is 0 Å². The molecular formula is C17H27N7O3. The minimum atomic E-state index is -0.761. The Balaban J connectivity index is 2.69. The molecule has 1 atom stereocenters. The number of likely N-dealkylation sites (N-methyl/N-ethyl adjacent to an activating group) is 2. The van der Waals surface area contributed by atoms with Gasteiger partial charge in [0.1, 0.15) is 6.04 Å². The van der Waals surface area contributed by atoms with Gasteiger partial charge in [0, 0.05) is 41.3 Å². The predicted molar refractivity (Wildman–Crippen MR) is 105 cm³/mol. The van der Waals surface area contributed by atoms with Crippen LogP contribution in [-0.2, 0) is 25.4 Å². The first-order chi connectivity index (χ1) is 12.6. The molecule has 0 saturated carbocycles. The Kier molecular flexibility index (Phi) is 5.89. The Morgan fingerprint density at radius 2 is 1.93 bits per heavy atom. The van der Waals surface area contributed by atoms with Crippen LogP contribution in [0.2, 0.25) is 0 Å². The molecule has 0 aliphatic rings. The molecule has 2 rings (SSSR count). The first-order valence-electron chi connectivity index (χ1n) is 8.58. The van der Waals surface area contributed by atoms with Crippen molar-refractivity contribution in [2.24, 2.45) is 19.8 Å². The number of nitrogens with two attached hydrogens (primary N) is 1. The van der Waals surface area contributed by atoms with Crippen molar-refractivity contribution in [2.45, 2.75) is 26.4 Å². The van der Waals surface area contributed by atoms with E-state index in [-0.39, 0.29) is 12.5 Å². The molecule has 1 unspecified atom stereocenters. The van der Waals surface area contributed by atoms with Crippen LogP contribution in [0.25, 0.3) is 11.2 Å². The second-order valence-corrected chi connectivity index (χ2v) is 6.78. The number of fused-ring (bicyclic) bond motifs is 1. The summed E-state index contributed by atoms with van der Waals surface area (Å²) in [6, 6.07) is -0.761. The van der Waals surface area contributed by atoms with E-state index in [0.29, 0.717) is 23.7 Å². The molecule has 0 saturated heterocycles. The topological polar surface area (TPSA) is 120 Å². The third-order valence-corrected chi connectivity index (χ3v) is 4.41. The molecule has 3 N–H and O–H groups in total. The van der Waals surface area contributed by atoms with Gasteiger partial charge in [-0.15, -0.1) is 0 Å². The van der Waals surface area contributed by atoms with Gasteiger partial charge in [0.05, 0.1) is 0 Å². The average Bonchev–Trinajstić information content (AvgIpc) is 3.01. The van der Waals surface area contributed by atoms with Gasteiger partial charge in [0.25, 0.3) is 5.56 Å². The summed E-state index contributed by atoms with van der Waals surface area (Å²) in [4.78, 5) is 43.0. The van der Waals surface area contributed by atoms with Crippen LogP contribution in [0, 0.1) is 0 Å². The number of hydrogen-bond acceptors (Lipinski definition) is 6. The molecule has 0 bridgehead atoms. The first-order valence-corrected chi connectivity index (χ1v) is 8.58. The van der Waals surface area contributed by atoms with Crippen LogP contribution in [0.15, 0.2) is 21.2 Å². The monoisotopic (exact) mass is 377 g/mol. The van der Waals surface area contributed by atoms with Gasteiger partial charge >= 0.3 is 5.69 Å². The molecule has 148 valence electrons. The standard InChI is InChI=1S/C17H27N7O3/c1-10(2)7-8-24-12-13(22(5)17(27)23(6)15(12)26)20-16(24)21(4)9-11(18)14(25)19-3/h7,11H,8-9,18H2,1-6H3,(H,19,25). The Hall–Kier alpha value is -2.88. The number of carbonyl (C=O) groups excluding carboxylic acids is 1. The summed E-state index contributed by atoms with van der Waals surface area (Å²) < 4.78 is 4.13. The lowest BCUT2D eigenvalue weighted by atomic mass is 10.3. The Bertz CT molecular complexity index is 1010. The van der Waals surface area contributed by atoms with Crippen molar-refractivity contribution in [2.75, 3.05) is 25.5 Å². The fraction of sp³-hybridized carbons (Fsp3) is 0.529. The molecule has 0 aromatic carbocycles. The molecular weight excluding hydrogens is 350 g/mol. The highest BCUT2D eigenvalue weighted by atomic mass is 16.2. The van der Waals surface area contributed by atoms with Crippen LogP contribution in [0.1, 0.15) is 13.8 Å². The number of rotatable bonds is 6. The van der Waals surface area contributed by atoms with Crippen LogP contribution < -0.4 is 27.2 Å². The van der Waals surface area contributed by atoms with E-state index in [4.69, 9.17) is 5.73 Å². The van der Waals surface area contributed by atoms with E-state index in [1.165, 1.54) is 18.7 Å². The van der Waals surface area contributed by atoms with Crippen LogP contribution in [0.5, 0.6) is 0 Å². The van der Waals surface area contributed by atoms with Gasteiger partial charge in [-0.25, -0.2) is 4.79 Å². The number of nitrogens with one attached hydrogen (secondary N) is 1. The lowest BCUT2D eigenvalue weighted by molar-refractivity contribution is -0.121. The fourth-order valence-corrected chi connectivity index (χ4v) is 2.82. The minimum absolute atomic E-state index is 0.200. The summed E-state index contributed by atoms with van der Waals surface area (Å²) in [6.07, 6.45) is 1.96. The lowest BCUT2D eigenvalue weighted by Gasteiger charge is -2.22. The molecule has 2 aromatic heterocycles. The summed E-state index contributed by atoms with van der Waals surface area (Å²) in [6.45, 7) is 4.52. The molecule has 0 fully saturated rings. The summed E-state index contributed by atoms with van der Waals surface area (Å²) in [5.41, 5.74) is 6.75. The Morgan fingerprint density at radius 1 is 1.30 bits per heavy atom. The molecule has 2 heterocycles. The van der Waals surface area contributed by atoms with Gasteiger partial charge in [-0.2, -0.15) is 4.98 Å². The van der Waals surface area contributed by atoms with Crippen LogP contribution in [-0.4, -0.2) is 51.3 Å². The maximum Gasteiger partial charge on any atom is 0.332 e. The van der Waals surface area contributed by atoms with Crippen molar-refractivity contribution in [3.8, 4) is 0 Å². The number of anilines is 1. The summed E-state index contributed by atoms with van der Waals surface area (Å²) in [5, 5.41) is 2.51. The number of hydrogen-bond donors (Lipinski definition) is 2. The third kappa shape index (κ3) is 3.80. The van der Waals surface area contributed by atoms with Crippen molar-refractivity contribution in [1.29, 1.82) is 0 Å². The zero-order valence-corrected chi connectivity index (χ0v) is 16.6. The zero-order valence-electron chi connectivity index (χ0n) is 16.6. The van der Waals surface area contributed by atoms with Gasteiger partial charge in [-0.05, 0) is 13.8 Å². The molecule has 0 aliphatic heterocycles. The van der Waals surface area contributed by atoms with Gasteiger partial charge in [0.2, 0.25) is 11.9 Å². The molecule has 10 heteroatoms. The van der Waals surface area contributed by atoms with Crippen molar-refractivity contribution in [3.05, 3.63) is 32.5 Å². The molecule has 0 spiro atoms. The molecule has 0 radical (unpaired) electrons. The maximum atomic E-state index is 12.7. The van der Waals surface area contributed by atoms with E-state index in [1.54, 1.807) is 23.6 Å². The van der Waals surface area contributed by atoms with Crippen LogP contribution in [0.3, 0.4) is 0 Å². The summed E-state index contributed by atoms with van der Waals surface area (Å²) in [5.74, 6) is 0.164. The largest absolute Gasteiger partial charge is 0.358 e. The Morgan fingerprint density at radius 3 is 2.48 bits per heavy atom.